The number of hydrogen-bond donors (Lipinski definition) is 0. The van der Waals surface area contributed by atoms with Crippen LogP contribution in [0.15, 0.2) is 200 Å². The van der Waals surface area contributed by atoms with Crippen LogP contribution in [0.1, 0.15) is 24.8 Å². The summed E-state index contributed by atoms with van der Waals surface area (Å²) in [6, 6.07) is 44.1. The molecule has 5 heteroatoms. The van der Waals surface area contributed by atoms with Gasteiger partial charge in [-0.05, 0) is 76.9 Å². The highest BCUT2D eigenvalue weighted by molar-refractivity contribution is 6.14. The van der Waals surface area contributed by atoms with Gasteiger partial charge >= 0.3 is 0 Å². The van der Waals surface area contributed by atoms with Crippen LogP contribution in [0.4, 0.5) is 0 Å². The normalized spacial score (nSPS) is 13.9. The molecule has 0 N–H and O–H groups in total. The van der Waals surface area contributed by atoms with Crippen LogP contribution in [0.5, 0.6) is 0 Å². The van der Waals surface area contributed by atoms with E-state index in [0.717, 1.165) is 43.6 Å². The van der Waals surface area contributed by atoms with Gasteiger partial charge in [-0.1, -0.05) is 145 Å². The van der Waals surface area contributed by atoms with Gasteiger partial charge in [0.1, 0.15) is 23.3 Å². The van der Waals surface area contributed by atoms with Gasteiger partial charge in [0, 0.05) is 32.3 Å². The van der Waals surface area contributed by atoms with E-state index in [4.69, 9.17) is 13.7 Å². The van der Waals surface area contributed by atoms with Crippen LogP contribution in [0.3, 0.4) is 0 Å². The topological polar surface area (TPSA) is 62.4 Å². The predicted molar refractivity (Wildman–Crippen MR) is 250 cm³/mol. The first kappa shape index (κ1) is 25.7. The van der Waals surface area contributed by atoms with Crippen molar-refractivity contribution in [2.24, 2.45) is 0 Å². The summed E-state index contributed by atoms with van der Waals surface area (Å²) in [5.41, 5.74) is 6.21. The number of benzene rings is 9. The Morgan fingerprint density at radius 3 is 1.05 bits per heavy atom. The largest absolute Gasteiger partial charge is 0.308 e. The van der Waals surface area contributed by atoms with Gasteiger partial charge in [0.2, 0.25) is 0 Å². The highest BCUT2D eigenvalue weighted by Gasteiger charge is 2.28. The van der Waals surface area contributed by atoms with Gasteiger partial charge in [0.25, 0.3) is 0 Å². The number of aromatic nitrogens is 3. The molecule has 0 fully saturated rings. The smallest absolute Gasteiger partial charge is 0.104 e. The molecular formula is C56H33N5. The lowest BCUT2D eigenvalue weighted by molar-refractivity contribution is 1.07. The third-order valence-electron chi connectivity index (χ3n) is 11.7. The predicted octanol–water partition coefficient (Wildman–Crippen LogP) is 14.1. The van der Waals surface area contributed by atoms with Crippen LogP contribution >= 0.6 is 0 Å². The van der Waals surface area contributed by atoms with Gasteiger partial charge < -0.3 is 13.7 Å². The lowest BCUT2D eigenvalue weighted by Crippen LogP contribution is -2.11. The van der Waals surface area contributed by atoms with Crippen LogP contribution in [0, 0.1) is 22.7 Å². The van der Waals surface area contributed by atoms with Crippen molar-refractivity contribution in [3.05, 3.63) is 211 Å². The molecule has 61 heavy (non-hydrogen) atoms. The zero-order chi connectivity index (χ0) is 49.3. The number of fused-ring (bicyclic) bond motifs is 9. The zero-order valence-electron chi connectivity index (χ0n) is 42.0. The summed E-state index contributed by atoms with van der Waals surface area (Å²) in [6.45, 7) is 0. The van der Waals surface area contributed by atoms with E-state index < -0.39 is 60.4 Å². The molecule has 0 atom stereocenters. The molecule has 0 bridgehead atoms. The molecule has 282 valence electrons. The molecule has 3 aromatic heterocycles. The molecule has 0 aliphatic heterocycles. The van der Waals surface area contributed by atoms with Crippen molar-refractivity contribution in [3.63, 3.8) is 0 Å². The standard InChI is InChI=1S/C56H33N5/c57-34-46-54(59-48-23-11-7-19-40(48)41-20-8-12-24-49(41)59)33-55(60-50-25-13-9-21-42(50)43-22-10-14-26-51(43)60)47(35-58)56(46)61-52-29-27-38(36-15-3-1-4-16-36)31-44(52)45-32-39(28-30-53(45)61)37-17-5-2-6-18-37/h1-33H/i1D,2D,3D,4D,5D,6D,15D,16D,17D,18D. The fourth-order valence-electron chi connectivity index (χ4n) is 9.17. The van der Waals surface area contributed by atoms with Crippen LogP contribution < -0.4 is 0 Å². The van der Waals surface area contributed by atoms with E-state index in [2.05, 4.69) is 12.1 Å². The quantitative estimate of drug-likeness (QED) is 0.174. The summed E-state index contributed by atoms with van der Waals surface area (Å²) in [7, 11) is 0. The molecule has 0 amide bonds. The third-order valence-corrected chi connectivity index (χ3v) is 11.7. The van der Waals surface area contributed by atoms with Crippen molar-refractivity contribution in [1.29, 1.82) is 10.5 Å². The first-order valence-corrected chi connectivity index (χ1v) is 19.6. The summed E-state index contributed by atoms with van der Waals surface area (Å²) in [4.78, 5) is 0. The first-order valence-electron chi connectivity index (χ1n) is 24.6. The van der Waals surface area contributed by atoms with Crippen LogP contribution in [0.25, 0.3) is 105 Å². The molecule has 0 saturated carbocycles. The van der Waals surface area contributed by atoms with Crippen molar-refractivity contribution >= 4 is 65.4 Å². The number of nitriles is 2. The van der Waals surface area contributed by atoms with Crippen molar-refractivity contribution in [2.45, 2.75) is 0 Å². The molecule has 0 saturated heterocycles. The minimum atomic E-state index is -0.542. The second-order valence-corrected chi connectivity index (χ2v) is 14.8. The fourth-order valence-corrected chi connectivity index (χ4v) is 9.17. The van der Waals surface area contributed by atoms with Gasteiger partial charge in [-0.3, -0.25) is 0 Å². The molecule has 12 aromatic rings. The molecule has 0 aliphatic carbocycles. The van der Waals surface area contributed by atoms with Crippen molar-refractivity contribution in [3.8, 4) is 51.5 Å². The number of nitrogens with zero attached hydrogens (tertiary/aromatic N) is 5. The molecule has 0 spiro atoms. The van der Waals surface area contributed by atoms with Crippen molar-refractivity contribution < 1.29 is 13.7 Å². The Kier molecular flexibility index (Phi) is 5.66. The Bertz CT molecular complexity index is 4010. The lowest BCUT2D eigenvalue weighted by atomic mass is 10.0. The average molecular weight is 786 g/mol. The van der Waals surface area contributed by atoms with E-state index in [0.29, 0.717) is 33.2 Å². The van der Waals surface area contributed by atoms with E-state index in [1.54, 1.807) is 36.4 Å². The minimum Gasteiger partial charge on any atom is -0.308 e. The summed E-state index contributed by atoms with van der Waals surface area (Å²) < 4.78 is 92.1. The maximum Gasteiger partial charge on any atom is 0.104 e. The molecule has 0 radical (unpaired) electrons. The zero-order valence-corrected chi connectivity index (χ0v) is 32.0. The summed E-state index contributed by atoms with van der Waals surface area (Å²) in [5, 5.41) is 28.2. The van der Waals surface area contributed by atoms with Crippen LogP contribution in [0.2, 0.25) is 0 Å². The monoisotopic (exact) mass is 785 g/mol. The Morgan fingerprint density at radius 1 is 0.344 bits per heavy atom. The number of hydrogen-bond acceptors (Lipinski definition) is 2. The highest BCUT2D eigenvalue weighted by atomic mass is 15.1. The van der Waals surface area contributed by atoms with E-state index in [1.165, 1.54) is 0 Å². The SMILES string of the molecule is [2H]c1c([2H])c([2H])c(-c2ccc3c(c2)c2cc(-c4c([2H])c([2H])c([2H])c([2H])c4[2H])ccc2n3-c2c(C#N)c(-n3c4ccccc4c4ccccc43)cc(-n3c4ccccc4c4ccccc43)c2C#N)c([2H])c1[2H]. The average Bonchev–Trinajstić information content (AvgIpc) is 4.03. The summed E-state index contributed by atoms with van der Waals surface area (Å²) in [6.07, 6.45) is 0. The molecule has 12 rings (SSSR count). The fraction of sp³-hybridized carbons (Fsp3) is 0. The van der Waals surface area contributed by atoms with Gasteiger partial charge in [0.05, 0.1) is 63.9 Å². The van der Waals surface area contributed by atoms with Gasteiger partial charge in [-0.15, -0.1) is 0 Å². The number of rotatable bonds is 5. The van der Waals surface area contributed by atoms with E-state index >= 15 is 0 Å². The lowest BCUT2D eigenvalue weighted by Gasteiger charge is -2.21. The molecule has 0 aliphatic rings. The Balaban J connectivity index is 1.29. The molecule has 9 aromatic carbocycles. The Morgan fingerprint density at radius 2 is 0.689 bits per heavy atom. The second kappa shape index (κ2) is 13.5. The highest BCUT2D eigenvalue weighted by Crippen LogP contribution is 2.44. The molecule has 5 nitrogen and oxygen atoms in total. The Labute approximate surface area is 365 Å². The maximum absolute atomic E-state index is 11.7. The third kappa shape index (κ3) is 5.05. The summed E-state index contributed by atoms with van der Waals surface area (Å²) >= 11 is 0. The minimum absolute atomic E-state index is 0.0435. The molecule has 3 heterocycles. The van der Waals surface area contributed by atoms with Crippen molar-refractivity contribution in [1.82, 2.24) is 13.7 Å². The van der Waals surface area contributed by atoms with Crippen LogP contribution in [-0.4, -0.2) is 13.7 Å². The second-order valence-electron chi connectivity index (χ2n) is 14.8. The van der Waals surface area contributed by atoms with Crippen LogP contribution in [-0.2, 0) is 0 Å². The van der Waals surface area contributed by atoms with Gasteiger partial charge in [0.15, 0.2) is 0 Å². The molecular weight excluding hydrogens is 743 g/mol. The van der Waals surface area contributed by atoms with E-state index in [-0.39, 0.29) is 39.1 Å². The maximum atomic E-state index is 11.7. The Hall–Kier alpha value is -8.64. The van der Waals surface area contributed by atoms with Gasteiger partial charge in [-0.2, -0.15) is 10.5 Å². The van der Waals surface area contributed by atoms with Crippen molar-refractivity contribution in [2.75, 3.05) is 0 Å². The van der Waals surface area contributed by atoms with Gasteiger partial charge in [-0.25, -0.2) is 0 Å². The number of para-hydroxylation sites is 4. The first-order chi connectivity index (χ1) is 34.4. The van der Waals surface area contributed by atoms with E-state index in [1.807, 2.05) is 117 Å². The molecule has 0 unspecified atom stereocenters. The van der Waals surface area contributed by atoms with E-state index in [9.17, 15) is 10.5 Å². The summed E-state index contributed by atoms with van der Waals surface area (Å²) in [5.74, 6) is 0.